The average Bonchev–Trinajstić information content (AvgIpc) is 3.17. The number of nitrogens with zero attached hydrogens (tertiary/aromatic N) is 1. The third-order valence-electron chi connectivity index (χ3n) is 9.86. The number of phosphoric acid groups is 1. The van der Waals surface area contributed by atoms with E-state index in [9.17, 15) is 19.0 Å². The fourth-order valence-electron chi connectivity index (χ4n) is 6.23. The third-order valence-corrected chi connectivity index (χ3v) is 10.8. The van der Waals surface area contributed by atoms with Gasteiger partial charge in [0.25, 0.3) is 7.82 Å². The molecule has 0 spiro atoms. The predicted molar refractivity (Wildman–Crippen MR) is 240 cm³/mol. The van der Waals surface area contributed by atoms with E-state index in [0.29, 0.717) is 17.4 Å². The summed E-state index contributed by atoms with van der Waals surface area (Å²) in [7, 11) is 1.16. The molecule has 2 atom stereocenters. The fraction of sp³-hybridized carbons (Fsp3) is 0.792. The molecule has 58 heavy (non-hydrogen) atoms. The summed E-state index contributed by atoms with van der Waals surface area (Å²) in [4.78, 5) is 37.5. The fourth-order valence-corrected chi connectivity index (χ4v) is 6.96. The highest BCUT2D eigenvalue weighted by molar-refractivity contribution is 7.45. The zero-order valence-corrected chi connectivity index (χ0v) is 38.9. The van der Waals surface area contributed by atoms with E-state index in [1.54, 1.807) is 0 Å². The number of allylic oxidation sites excluding steroid dienone is 8. The Bertz CT molecular complexity index is 1130. The monoisotopic (exact) mass is 838 g/mol. The molecule has 0 saturated heterocycles. The number of carbonyl (C=O) groups is 2. The Morgan fingerprint density at radius 1 is 0.552 bits per heavy atom. The quantitative estimate of drug-likeness (QED) is 0.0196. The summed E-state index contributed by atoms with van der Waals surface area (Å²) < 4.78 is 33.9. The van der Waals surface area contributed by atoms with E-state index < -0.39 is 26.5 Å². The first kappa shape index (κ1) is 56.0. The largest absolute Gasteiger partial charge is 0.756 e. The number of likely N-dealkylation sites (N-methyl/N-ethyl adjacent to an activating group) is 1. The Hall–Kier alpha value is -2.03. The van der Waals surface area contributed by atoms with Crippen molar-refractivity contribution in [2.45, 2.75) is 200 Å². The molecule has 9 nitrogen and oxygen atoms in total. The Morgan fingerprint density at radius 2 is 0.983 bits per heavy atom. The van der Waals surface area contributed by atoms with Crippen molar-refractivity contribution < 1.29 is 42.1 Å². The summed E-state index contributed by atoms with van der Waals surface area (Å²) in [5.41, 5.74) is 0. The van der Waals surface area contributed by atoms with E-state index in [-0.39, 0.29) is 32.0 Å². The molecule has 0 heterocycles. The molecule has 0 aromatic heterocycles. The van der Waals surface area contributed by atoms with Crippen molar-refractivity contribution >= 4 is 19.8 Å². The van der Waals surface area contributed by atoms with Crippen molar-refractivity contribution in [2.75, 3.05) is 47.5 Å². The van der Waals surface area contributed by atoms with E-state index >= 15 is 0 Å². The Balaban J connectivity index is 4.25. The molecule has 0 saturated carbocycles. The number of quaternary nitrogens is 1. The molecule has 0 aliphatic carbocycles. The van der Waals surface area contributed by atoms with Gasteiger partial charge in [0.2, 0.25) is 0 Å². The van der Waals surface area contributed by atoms with Gasteiger partial charge in [-0.3, -0.25) is 14.2 Å². The lowest BCUT2D eigenvalue weighted by Gasteiger charge is -2.28. The molecule has 0 N–H and O–H groups in total. The molecule has 0 bridgehead atoms. The van der Waals surface area contributed by atoms with Crippen LogP contribution >= 0.6 is 7.82 Å². The minimum atomic E-state index is -4.62. The van der Waals surface area contributed by atoms with Gasteiger partial charge in [-0.05, 0) is 51.4 Å². The second-order valence-corrected chi connectivity index (χ2v) is 18.2. The average molecular weight is 838 g/mol. The first-order chi connectivity index (χ1) is 28.0. The standard InChI is InChI=1S/C48H88NO8P/c1-6-8-10-12-14-16-18-19-20-21-22-23-24-25-26-27-28-29-31-33-35-37-39-41-48(51)57-46(45-56-58(52,53)55-43-42-49(3,4)5)44-54-47(50)40-38-36-34-32-30-17-15-13-11-9-7-2/h8,10,14,16,19-20,22-23,46H,6-7,9,11-13,15,17-18,21,24-45H2,1-5H3/b10-8-,16-14-,20-19-,23-22-. The van der Waals surface area contributed by atoms with Gasteiger partial charge in [0.1, 0.15) is 19.8 Å². The van der Waals surface area contributed by atoms with Gasteiger partial charge in [-0.25, -0.2) is 0 Å². The molecule has 0 radical (unpaired) electrons. The maximum atomic E-state index is 12.7. The van der Waals surface area contributed by atoms with Crippen LogP contribution in [0.15, 0.2) is 48.6 Å². The predicted octanol–water partition coefficient (Wildman–Crippen LogP) is 12.8. The van der Waals surface area contributed by atoms with Crippen molar-refractivity contribution in [3.8, 4) is 0 Å². The minimum absolute atomic E-state index is 0.0318. The molecule has 0 aromatic carbocycles. The Kier molecular flexibility index (Phi) is 39.0. The molecule has 338 valence electrons. The van der Waals surface area contributed by atoms with E-state index in [1.807, 2.05) is 21.1 Å². The van der Waals surface area contributed by atoms with E-state index in [2.05, 4.69) is 62.5 Å². The third kappa shape index (κ3) is 43.5. The number of unbranched alkanes of at least 4 members (excludes halogenated alkanes) is 20. The zero-order valence-electron chi connectivity index (χ0n) is 38.0. The van der Waals surface area contributed by atoms with Crippen LogP contribution in [0.4, 0.5) is 0 Å². The van der Waals surface area contributed by atoms with Crippen LogP contribution in [0, 0.1) is 0 Å². The summed E-state index contributed by atoms with van der Waals surface area (Å²) >= 11 is 0. The summed E-state index contributed by atoms with van der Waals surface area (Å²) in [5.74, 6) is -0.838. The molecule has 0 amide bonds. The van der Waals surface area contributed by atoms with Crippen LogP contribution in [-0.2, 0) is 32.7 Å². The highest BCUT2D eigenvalue weighted by atomic mass is 31.2. The maximum Gasteiger partial charge on any atom is 0.306 e. The molecule has 0 aliphatic rings. The van der Waals surface area contributed by atoms with Crippen LogP contribution in [0.25, 0.3) is 0 Å². The lowest BCUT2D eigenvalue weighted by atomic mass is 10.0. The van der Waals surface area contributed by atoms with Gasteiger partial charge in [0.05, 0.1) is 27.7 Å². The molecule has 10 heteroatoms. The molecular weight excluding hydrogens is 750 g/mol. The van der Waals surface area contributed by atoms with Gasteiger partial charge in [-0.15, -0.1) is 0 Å². The van der Waals surface area contributed by atoms with Crippen LogP contribution in [0.1, 0.15) is 194 Å². The number of phosphoric ester groups is 1. The summed E-state index contributed by atoms with van der Waals surface area (Å²) in [6.07, 6.45) is 47.1. The van der Waals surface area contributed by atoms with Crippen molar-refractivity contribution in [1.29, 1.82) is 0 Å². The Morgan fingerprint density at radius 3 is 1.47 bits per heavy atom. The first-order valence-corrected chi connectivity index (χ1v) is 24.8. The summed E-state index contributed by atoms with van der Waals surface area (Å²) in [5, 5.41) is 0. The summed E-state index contributed by atoms with van der Waals surface area (Å²) in [6.45, 7) is 4.11. The number of hydrogen-bond acceptors (Lipinski definition) is 8. The zero-order chi connectivity index (χ0) is 42.8. The number of ether oxygens (including phenoxy) is 2. The van der Waals surface area contributed by atoms with Crippen molar-refractivity contribution in [3.05, 3.63) is 48.6 Å². The van der Waals surface area contributed by atoms with Gasteiger partial charge in [0, 0.05) is 12.8 Å². The van der Waals surface area contributed by atoms with Crippen LogP contribution in [0.2, 0.25) is 0 Å². The highest BCUT2D eigenvalue weighted by Crippen LogP contribution is 2.38. The minimum Gasteiger partial charge on any atom is -0.756 e. The SMILES string of the molecule is CC/C=C\C/C=C\C/C=C\C/C=C\CCCCCCCCCCCCC(=O)OC(COC(=O)CCCCCCCCCCCCC)COP(=O)([O-])OCC[N+](C)(C)C. The van der Waals surface area contributed by atoms with Crippen LogP contribution in [0.3, 0.4) is 0 Å². The topological polar surface area (TPSA) is 111 Å². The maximum absolute atomic E-state index is 12.7. The number of rotatable bonds is 42. The molecule has 0 rings (SSSR count). The lowest BCUT2D eigenvalue weighted by Crippen LogP contribution is -2.37. The van der Waals surface area contributed by atoms with Crippen LogP contribution in [-0.4, -0.2) is 70.0 Å². The van der Waals surface area contributed by atoms with Gasteiger partial charge in [0.15, 0.2) is 6.10 Å². The first-order valence-electron chi connectivity index (χ1n) is 23.3. The molecule has 0 aromatic rings. The van der Waals surface area contributed by atoms with E-state index in [4.69, 9.17) is 18.5 Å². The van der Waals surface area contributed by atoms with Gasteiger partial charge < -0.3 is 27.9 Å². The molecule has 0 aliphatic heterocycles. The van der Waals surface area contributed by atoms with E-state index in [1.165, 1.54) is 89.9 Å². The van der Waals surface area contributed by atoms with Gasteiger partial charge >= 0.3 is 11.9 Å². The normalized spacial score (nSPS) is 14.0. The number of carbonyl (C=O) groups excluding carboxylic acids is 2. The molecule has 0 fully saturated rings. The number of hydrogen-bond donors (Lipinski definition) is 0. The van der Waals surface area contributed by atoms with Gasteiger partial charge in [-0.2, -0.15) is 0 Å². The summed E-state index contributed by atoms with van der Waals surface area (Å²) in [6, 6.07) is 0. The van der Waals surface area contributed by atoms with Gasteiger partial charge in [-0.1, -0.05) is 178 Å². The van der Waals surface area contributed by atoms with Crippen molar-refractivity contribution in [1.82, 2.24) is 0 Å². The van der Waals surface area contributed by atoms with Crippen LogP contribution < -0.4 is 4.89 Å². The molecular formula is C48H88NO8P. The highest BCUT2D eigenvalue weighted by Gasteiger charge is 2.21. The second-order valence-electron chi connectivity index (χ2n) is 16.7. The molecule has 2 unspecified atom stereocenters. The van der Waals surface area contributed by atoms with Crippen molar-refractivity contribution in [3.63, 3.8) is 0 Å². The second kappa shape index (κ2) is 40.4. The van der Waals surface area contributed by atoms with Crippen LogP contribution in [0.5, 0.6) is 0 Å². The number of esters is 2. The van der Waals surface area contributed by atoms with Crippen molar-refractivity contribution in [2.24, 2.45) is 0 Å². The Labute approximate surface area is 356 Å². The lowest BCUT2D eigenvalue weighted by molar-refractivity contribution is -0.870. The smallest absolute Gasteiger partial charge is 0.306 e. The van der Waals surface area contributed by atoms with E-state index in [0.717, 1.165) is 70.6 Å².